The first-order valence-electron chi connectivity index (χ1n) is 9.36. The number of halogens is 2. The van der Waals surface area contributed by atoms with Gasteiger partial charge in [-0.3, -0.25) is 4.98 Å². The van der Waals surface area contributed by atoms with Gasteiger partial charge in [0.05, 0.1) is 11.9 Å². The summed E-state index contributed by atoms with van der Waals surface area (Å²) in [6.07, 6.45) is 6.86. The molecule has 1 atom stereocenters. The lowest BCUT2D eigenvalue weighted by atomic mass is 9.91. The number of rotatable bonds is 2. The molecule has 144 valence electrons. The Morgan fingerprint density at radius 1 is 1.21 bits per heavy atom. The molecule has 0 spiro atoms. The van der Waals surface area contributed by atoms with E-state index >= 15 is 0 Å². The van der Waals surface area contributed by atoms with Gasteiger partial charge in [0.2, 0.25) is 5.96 Å². The van der Waals surface area contributed by atoms with E-state index in [1.807, 2.05) is 18.0 Å². The summed E-state index contributed by atoms with van der Waals surface area (Å²) >= 11 is 3.51. The number of likely N-dealkylation sites (N-methyl/N-ethyl adjacent to an activating group) is 1. The second-order valence-electron chi connectivity index (χ2n) is 7.18. The van der Waals surface area contributed by atoms with Gasteiger partial charge in [0.1, 0.15) is 0 Å². The van der Waals surface area contributed by atoms with E-state index in [4.69, 9.17) is 4.99 Å². The zero-order valence-corrected chi connectivity index (χ0v) is 17.4. The lowest BCUT2D eigenvalue weighted by Gasteiger charge is -2.39. The van der Waals surface area contributed by atoms with Crippen LogP contribution in [0.5, 0.6) is 0 Å². The molecule has 3 heterocycles. The van der Waals surface area contributed by atoms with Gasteiger partial charge in [0.15, 0.2) is 5.82 Å². The van der Waals surface area contributed by atoms with Gasteiger partial charge in [-0.15, -0.1) is 0 Å². The van der Waals surface area contributed by atoms with Crippen LogP contribution in [0, 0.1) is 5.82 Å². The fourth-order valence-electron chi connectivity index (χ4n) is 3.77. The van der Waals surface area contributed by atoms with Crippen molar-refractivity contribution >= 4 is 27.6 Å². The summed E-state index contributed by atoms with van der Waals surface area (Å²) in [7, 11) is 1.96. The van der Waals surface area contributed by atoms with E-state index in [1.54, 1.807) is 12.3 Å². The number of allylic oxidation sites excluding steroid dienone is 1. The number of aliphatic imine (C=N–C) groups is 1. The third kappa shape index (κ3) is 3.74. The number of benzene rings is 1. The summed E-state index contributed by atoms with van der Waals surface area (Å²) in [4.78, 5) is 12.9. The predicted molar refractivity (Wildman–Crippen MR) is 114 cm³/mol. The number of pyridine rings is 1. The maximum Gasteiger partial charge on any atom is 0.206 e. The number of piperidine rings is 1. The van der Waals surface area contributed by atoms with Crippen molar-refractivity contribution in [2.75, 3.05) is 20.1 Å². The van der Waals surface area contributed by atoms with E-state index in [0.29, 0.717) is 17.2 Å². The summed E-state index contributed by atoms with van der Waals surface area (Å²) in [5, 5.41) is 0. The van der Waals surface area contributed by atoms with Crippen LogP contribution in [-0.4, -0.2) is 40.9 Å². The number of nitrogens with zero attached hydrogens (tertiary/aromatic N) is 4. The predicted octanol–water partition coefficient (Wildman–Crippen LogP) is 5.02. The van der Waals surface area contributed by atoms with Crippen LogP contribution >= 0.6 is 15.9 Å². The minimum absolute atomic E-state index is 0.374. The van der Waals surface area contributed by atoms with E-state index in [2.05, 4.69) is 56.7 Å². The number of aromatic nitrogens is 1. The van der Waals surface area contributed by atoms with E-state index in [0.717, 1.165) is 42.1 Å². The molecule has 0 saturated carbocycles. The first kappa shape index (κ1) is 18.9. The second-order valence-corrected chi connectivity index (χ2v) is 8.10. The summed E-state index contributed by atoms with van der Waals surface area (Å²) in [5.41, 5.74) is 3.16. The van der Waals surface area contributed by atoms with Gasteiger partial charge < -0.3 is 9.80 Å². The molecule has 1 fully saturated rings. The molecule has 0 amide bonds. The second kappa shape index (κ2) is 7.87. The lowest BCUT2D eigenvalue weighted by molar-refractivity contribution is 0.284. The van der Waals surface area contributed by atoms with Gasteiger partial charge in [0, 0.05) is 48.0 Å². The van der Waals surface area contributed by atoms with Crippen molar-refractivity contribution in [3.8, 4) is 0 Å². The van der Waals surface area contributed by atoms with Crippen LogP contribution in [0.25, 0.3) is 5.70 Å². The summed E-state index contributed by atoms with van der Waals surface area (Å²) in [6.45, 7) is 5.94. The number of hydrogen-bond acceptors (Lipinski definition) is 4. The van der Waals surface area contributed by atoms with Crippen molar-refractivity contribution in [1.29, 1.82) is 0 Å². The Hall–Kier alpha value is -2.47. The number of likely N-dealkylation sites (tertiary alicyclic amines) is 1. The molecule has 1 aromatic heterocycles. The number of hydrogen-bond donors (Lipinski definition) is 0. The molecule has 2 aliphatic heterocycles. The van der Waals surface area contributed by atoms with Crippen molar-refractivity contribution in [1.82, 2.24) is 14.8 Å². The molecule has 4 rings (SSSR count). The fraction of sp³-hybridized carbons (Fsp3) is 0.273. The van der Waals surface area contributed by atoms with E-state index < -0.39 is 0 Å². The highest BCUT2D eigenvalue weighted by molar-refractivity contribution is 9.10. The first-order valence-corrected chi connectivity index (χ1v) is 10.2. The quantitative estimate of drug-likeness (QED) is 0.656. The van der Waals surface area contributed by atoms with Crippen LogP contribution in [0.2, 0.25) is 0 Å². The van der Waals surface area contributed by atoms with Crippen molar-refractivity contribution < 1.29 is 4.39 Å². The topological polar surface area (TPSA) is 31.7 Å². The molecule has 6 heteroatoms. The zero-order chi connectivity index (χ0) is 19.7. The summed E-state index contributed by atoms with van der Waals surface area (Å²) in [6, 6.07) is 10.2. The molecule has 2 aliphatic rings. The Morgan fingerprint density at radius 3 is 2.75 bits per heavy atom. The molecule has 4 nitrogen and oxygen atoms in total. The van der Waals surface area contributed by atoms with Gasteiger partial charge in [-0.1, -0.05) is 34.6 Å². The Kier molecular flexibility index (Phi) is 5.31. The molecule has 28 heavy (non-hydrogen) atoms. The zero-order valence-electron chi connectivity index (χ0n) is 15.8. The summed E-state index contributed by atoms with van der Waals surface area (Å²) < 4.78 is 15.3. The van der Waals surface area contributed by atoms with Crippen molar-refractivity contribution in [3.05, 3.63) is 82.5 Å². The minimum Gasteiger partial charge on any atom is -0.342 e. The monoisotopic (exact) mass is 440 g/mol. The maximum absolute atomic E-state index is 14.3. The highest BCUT2D eigenvalue weighted by Crippen LogP contribution is 2.31. The summed E-state index contributed by atoms with van der Waals surface area (Å²) in [5.74, 6) is 0.888. The van der Waals surface area contributed by atoms with Crippen LogP contribution in [0.15, 0.2) is 70.5 Å². The molecule has 0 aliphatic carbocycles. The molecule has 0 unspecified atom stereocenters. The van der Waals surface area contributed by atoms with E-state index in [1.165, 1.54) is 11.8 Å². The van der Waals surface area contributed by atoms with Crippen LogP contribution in [0.3, 0.4) is 0 Å². The highest BCUT2D eigenvalue weighted by atomic mass is 79.9. The molecular weight excluding hydrogens is 419 g/mol. The van der Waals surface area contributed by atoms with Gasteiger partial charge in [-0.25, -0.2) is 9.38 Å². The largest absolute Gasteiger partial charge is 0.342 e. The molecule has 1 saturated heterocycles. The molecule has 0 N–H and O–H groups in total. The third-order valence-electron chi connectivity index (χ3n) is 5.35. The smallest absolute Gasteiger partial charge is 0.206 e. The maximum atomic E-state index is 14.3. The van der Waals surface area contributed by atoms with Gasteiger partial charge in [-0.2, -0.15) is 0 Å². The number of guanidine groups is 1. The molecular formula is C22H22BrFN4. The van der Waals surface area contributed by atoms with Crippen LogP contribution in [0.4, 0.5) is 4.39 Å². The van der Waals surface area contributed by atoms with Gasteiger partial charge in [-0.05, 0) is 42.7 Å². The van der Waals surface area contributed by atoms with Crippen molar-refractivity contribution in [2.24, 2.45) is 4.99 Å². The first-order chi connectivity index (χ1) is 13.5. The van der Waals surface area contributed by atoms with Gasteiger partial charge >= 0.3 is 0 Å². The standard InChI is InChI=1S/C22H22BrFN4/c1-15-12-21(19-9-10-25-13-20(19)24)26-22(27(15)2)28-11-3-4-17(14-28)16-5-7-18(23)8-6-16/h5-10,12-13,17H,1,3-4,11,14H2,2H3/t17-/m1/s1. The minimum atomic E-state index is -0.374. The Balaban J connectivity index is 1.63. The third-order valence-corrected chi connectivity index (χ3v) is 5.88. The molecule has 1 aromatic carbocycles. The van der Waals surface area contributed by atoms with Crippen LogP contribution in [0.1, 0.15) is 29.9 Å². The van der Waals surface area contributed by atoms with Crippen LogP contribution in [-0.2, 0) is 0 Å². The SMILES string of the molecule is C=C1C=C(c2ccncc2F)N=C(N2CCC[C@@H](c3ccc(Br)cc3)C2)N1C. The van der Waals surface area contributed by atoms with Crippen molar-refractivity contribution in [2.45, 2.75) is 18.8 Å². The van der Waals surface area contributed by atoms with E-state index in [9.17, 15) is 4.39 Å². The Labute approximate surface area is 173 Å². The average Bonchev–Trinajstić information content (AvgIpc) is 2.71. The Bertz CT molecular complexity index is 951. The fourth-order valence-corrected chi connectivity index (χ4v) is 4.03. The highest BCUT2D eigenvalue weighted by Gasteiger charge is 2.28. The van der Waals surface area contributed by atoms with E-state index in [-0.39, 0.29) is 5.82 Å². The Morgan fingerprint density at radius 2 is 2.00 bits per heavy atom. The van der Waals surface area contributed by atoms with Crippen molar-refractivity contribution in [3.63, 3.8) is 0 Å². The van der Waals surface area contributed by atoms with Gasteiger partial charge in [0.25, 0.3) is 0 Å². The van der Waals surface area contributed by atoms with Crippen LogP contribution < -0.4 is 0 Å². The average molecular weight is 441 g/mol. The molecule has 2 aromatic rings. The molecule has 0 bridgehead atoms. The lowest BCUT2D eigenvalue weighted by Crippen LogP contribution is -2.47. The normalized spacial score (nSPS) is 20.1. The molecule has 0 radical (unpaired) electrons.